The maximum Gasteiger partial charge on any atom is 0.0887 e. The van der Waals surface area contributed by atoms with E-state index in [2.05, 4.69) is 47.6 Å². The van der Waals surface area contributed by atoms with E-state index in [-0.39, 0.29) is 6.10 Å². The van der Waals surface area contributed by atoms with E-state index in [0.717, 1.165) is 17.7 Å². The summed E-state index contributed by atoms with van der Waals surface area (Å²) in [6.07, 6.45) is 1.75. The number of aliphatic hydroxyl groups is 1. The number of hydrogen-bond donors (Lipinski definition) is 1. The second-order valence-corrected chi connectivity index (χ2v) is 7.81. The van der Waals surface area contributed by atoms with E-state index in [1.54, 1.807) is 11.3 Å². The van der Waals surface area contributed by atoms with Gasteiger partial charge in [-0.3, -0.25) is 0 Å². The number of thiophene rings is 1. The van der Waals surface area contributed by atoms with E-state index in [1.165, 1.54) is 10.4 Å². The Morgan fingerprint density at radius 3 is 2.29 bits per heavy atom. The molecule has 1 aromatic heterocycles. The summed E-state index contributed by atoms with van der Waals surface area (Å²) in [6.45, 7) is 13.2. The molecular weight excluding hydrogens is 228 g/mol. The first-order valence-corrected chi connectivity index (χ1v) is 7.25. The molecule has 1 N–H and O–H groups in total. The molecule has 0 spiro atoms. The van der Waals surface area contributed by atoms with E-state index in [1.807, 2.05) is 0 Å². The van der Waals surface area contributed by atoms with Gasteiger partial charge in [0.2, 0.25) is 0 Å². The molecule has 0 saturated heterocycles. The first-order valence-electron chi connectivity index (χ1n) is 6.44. The highest BCUT2D eigenvalue weighted by Gasteiger charge is 2.20. The molecule has 2 atom stereocenters. The van der Waals surface area contributed by atoms with E-state index in [9.17, 15) is 5.11 Å². The molecule has 0 aromatic carbocycles. The highest BCUT2D eigenvalue weighted by atomic mass is 32.1. The van der Waals surface area contributed by atoms with Crippen molar-refractivity contribution < 1.29 is 5.11 Å². The van der Waals surface area contributed by atoms with Crippen molar-refractivity contribution in [2.24, 2.45) is 11.3 Å². The molecule has 0 aliphatic carbocycles. The lowest BCUT2D eigenvalue weighted by molar-refractivity contribution is 0.136. The molecule has 98 valence electrons. The normalized spacial score (nSPS) is 15.9. The number of hydrogen-bond acceptors (Lipinski definition) is 2. The molecule has 1 nitrogen and oxygen atoms in total. The molecule has 17 heavy (non-hydrogen) atoms. The predicted octanol–water partition coefficient (Wildman–Crippen LogP) is 4.86. The van der Waals surface area contributed by atoms with Crippen molar-refractivity contribution in [3.05, 3.63) is 21.4 Å². The van der Waals surface area contributed by atoms with Crippen LogP contribution >= 0.6 is 11.3 Å². The van der Waals surface area contributed by atoms with Gasteiger partial charge >= 0.3 is 0 Å². The molecule has 2 unspecified atom stereocenters. The van der Waals surface area contributed by atoms with Crippen molar-refractivity contribution in [1.29, 1.82) is 0 Å². The van der Waals surface area contributed by atoms with Gasteiger partial charge in [-0.25, -0.2) is 0 Å². The van der Waals surface area contributed by atoms with Gasteiger partial charge in [-0.2, -0.15) is 0 Å². The third-order valence-electron chi connectivity index (χ3n) is 2.97. The van der Waals surface area contributed by atoms with Crippen LogP contribution in [0, 0.1) is 25.2 Å². The molecule has 1 heterocycles. The van der Waals surface area contributed by atoms with Crippen LogP contribution in [0.3, 0.4) is 0 Å². The number of aliphatic hydroxyl groups excluding tert-OH is 1. The maximum atomic E-state index is 10.3. The van der Waals surface area contributed by atoms with E-state index in [4.69, 9.17) is 0 Å². The Bertz CT molecular complexity index is 359. The smallest absolute Gasteiger partial charge is 0.0887 e. The monoisotopic (exact) mass is 254 g/mol. The second-order valence-electron chi connectivity index (χ2n) is 6.53. The van der Waals surface area contributed by atoms with Crippen molar-refractivity contribution in [1.82, 2.24) is 0 Å². The lowest BCUT2D eigenvalue weighted by Gasteiger charge is -2.24. The highest BCUT2D eigenvalue weighted by molar-refractivity contribution is 7.12. The number of aryl methyl sites for hydroxylation is 2. The van der Waals surface area contributed by atoms with Crippen molar-refractivity contribution in [2.45, 2.75) is 60.5 Å². The van der Waals surface area contributed by atoms with Crippen LogP contribution in [0.5, 0.6) is 0 Å². The third-order valence-corrected chi connectivity index (χ3v) is 4.22. The predicted molar refractivity (Wildman–Crippen MR) is 76.6 cm³/mol. The lowest BCUT2D eigenvalue weighted by atomic mass is 9.83. The molecule has 0 amide bonds. The van der Waals surface area contributed by atoms with Gasteiger partial charge in [0.1, 0.15) is 0 Å². The van der Waals surface area contributed by atoms with E-state index < -0.39 is 0 Å². The van der Waals surface area contributed by atoms with Gasteiger partial charge in [0, 0.05) is 9.75 Å². The zero-order valence-electron chi connectivity index (χ0n) is 12.0. The van der Waals surface area contributed by atoms with Crippen LogP contribution in [-0.2, 0) is 0 Å². The summed E-state index contributed by atoms with van der Waals surface area (Å²) in [5.74, 6) is 0.562. The van der Waals surface area contributed by atoms with Gasteiger partial charge in [-0.1, -0.05) is 27.7 Å². The van der Waals surface area contributed by atoms with Gasteiger partial charge in [-0.05, 0) is 49.7 Å². The van der Waals surface area contributed by atoms with Crippen LogP contribution < -0.4 is 0 Å². The van der Waals surface area contributed by atoms with Gasteiger partial charge in [-0.15, -0.1) is 11.3 Å². The first-order chi connectivity index (χ1) is 7.69. The molecule has 0 aliphatic rings. The molecular formula is C15H26OS. The van der Waals surface area contributed by atoms with Crippen LogP contribution in [-0.4, -0.2) is 5.11 Å². The minimum atomic E-state index is -0.286. The third kappa shape index (κ3) is 4.81. The zero-order chi connectivity index (χ0) is 13.2. The summed E-state index contributed by atoms with van der Waals surface area (Å²) in [6, 6.07) is 2.16. The zero-order valence-corrected chi connectivity index (χ0v) is 12.8. The quantitative estimate of drug-likeness (QED) is 0.813. The molecule has 0 fully saturated rings. The summed E-state index contributed by atoms with van der Waals surface area (Å²) in [7, 11) is 0. The molecule has 1 rings (SSSR count). The van der Waals surface area contributed by atoms with E-state index in [0.29, 0.717) is 11.3 Å². The standard InChI is InChI=1S/C15H26OS/c1-10(9-15(4,5)6)7-13(16)14-11(2)8-12(3)17-14/h8,10,13,16H,7,9H2,1-6H3. The van der Waals surface area contributed by atoms with Gasteiger partial charge in [0.25, 0.3) is 0 Å². The average Bonchev–Trinajstić information content (AvgIpc) is 2.41. The summed E-state index contributed by atoms with van der Waals surface area (Å²) >= 11 is 1.73. The van der Waals surface area contributed by atoms with E-state index >= 15 is 0 Å². The fraction of sp³-hybridized carbons (Fsp3) is 0.733. The molecule has 0 saturated carbocycles. The Balaban J connectivity index is 2.60. The SMILES string of the molecule is Cc1cc(C)c(C(O)CC(C)CC(C)(C)C)s1. The first kappa shape index (κ1) is 14.7. The fourth-order valence-corrected chi connectivity index (χ4v) is 3.64. The summed E-state index contributed by atoms with van der Waals surface area (Å²) < 4.78 is 0. The largest absolute Gasteiger partial charge is 0.388 e. The Labute approximate surface area is 110 Å². The van der Waals surface area contributed by atoms with Crippen molar-refractivity contribution in [3.8, 4) is 0 Å². The second kappa shape index (κ2) is 5.53. The Hall–Kier alpha value is -0.340. The molecule has 0 bridgehead atoms. The van der Waals surface area contributed by atoms with Crippen LogP contribution in [0.4, 0.5) is 0 Å². The van der Waals surface area contributed by atoms with Crippen molar-refractivity contribution >= 4 is 11.3 Å². The summed E-state index contributed by atoms with van der Waals surface area (Å²) in [5.41, 5.74) is 1.59. The van der Waals surface area contributed by atoms with Gasteiger partial charge in [0.05, 0.1) is 6.10 Å². The lowest BCUT2D eigenvalue weighted by Crippen LogP contribution is -2.13. The fourth-order valence-electron chi connectivity index (χ4n) is 2.61. The summed E-state index contributed by atoms with van der Waals surface area (Å²) in [5, 5.41) is 10.3. The average molecular weight is 254 g/mol. The van der Waals surface area contributed by atoms with Crippen LogP contribution in [0.25, 0.3) is 0 Å². The Kier molecular flexibility index (Phi) is 4.79. The van der Waals surface area contributed by atoms with Crippen molar-refractivity contribution in [2.75, 3.05) is 0 Å². The van der Waals surface area contributed by atoms with Crippen molar-refractivity contribution in [3.63, 3.8) is 0 Å². The molecule has 0 radical (unpaired) electrons. The minimum Gasteiger partial charge on any atom is -0.388 e. The van der Waals surface area contributed by atoms with Crippen LogP contribution in [0.15, 0.2) is 6.07 Å². The maximum absolute atomic E-state index is 10.3. The molecule has 2 heteroatoms. The van der Waals surface area contributed by atoms with Crippen LogP contribution in [0.2, 0.25) is 0 Å². The number of rotatable bonds is 4. The van der Waals surface area contributed by atoms with Crippen LogP contribution in [0.1, 0.15) is 62.0 Å². The molecule has 1 aromatic rings. The highest BCUT2D eigenvalue weighted by Crippen LogP contribution is 2.34. The summed E-state index contributed by atoms with van der Waals surface area (Å²) in [4.78, 5) is 2.45. The van der Waals surface area contributed by atoms with Gasteiger partial charge in [0.15, 0.2) is 0 Å². The Morgan fingerprint density at radius 2 is 1.88 bits per heavy atom. The molecule has 0 aliphatic heterocycles. The van der Waals surface area contributed by atoms with Gasteiger partial charge < -0.3 is 5.11 Å². The topological polar surface area (TPSA) is 20.2 Å². The Morgan fingerprint density at radius 1 is 1.29 bits per heavy atom. The minimum absolute atomic E-state index is 0.286.